The number of benzene rings is 1. The maximum absolute atomic E-state index is 14.7. The van der Waals surface area contributed by atoms with E-state index in [0.29, 0.717) is 11.6 Å². The second kappa shape index (κ2) is 7.23. The van der Waals surface area contributed by atoms with Gasteiger partial charge in [0, 0.05) is 23.8 Å². The van der Waals surface area contributed by atoms with E-state index in [2.05, 4.69) is 15.8 Å². The molecule has 2 N–H and O–H groups in total. The van der Waals surface area contributed by atoms with Crippen LogP contribution in [0.1, 0.15) is 42.4 Å². The second-order valence-corrected chi connectivity index (χ2v) is 11.1. The summed E-state index contributed by atoms with van der Waals surface area (Å²) in [6.07, 6.45) is 0.461. The number of pyridine rings is 1. The molecule has 0 bridgehead atoms. The highest BCUT2D eigenvalue weighted by Gasteiger charge is 2.45. The zero-order valence-corrected chi connectivity index (χ0v) is 17.7. The van der Waals surface area contributed by atoms with Crippen LogP contribution in [0.25, 0.3) is 0 Å². The Morgan fingerprint density at radius 1 is 1.20 bits per heavy atom. The van der Waals surface area contributed by atoms with Crippen molar-refractivity contribution in [1.29, 1.82) is 0 Å². The van der Waals surface area contributed by atoms with Gasteiger partial charge in [-0.3, -0.25) is 14.0 Å². The first-order chi connectivity index (χ1) is 13.8. The van der Waals surface area contributed by atoms with Gasteiger partial charge in [0.25, 0.3) is 0 Å². The number of rotatable bonds is 4. The Bertz CT molecular complexity index is 1180. The molecular weight excluding hydrogens is 415 g/mol. The van der Waals surface area contributed by atoms with Crippen molar-refractivity contribution in [3.05, 3.63) is 64.7 Å². The van der Waals surface area contributed by atoms with Crippen LogP contribution in [0.5, 0.6) is 0 Å². The molecule has 2 atom stereocenters. The van der Waals surface area contributed by atoms with Crippen LogP contribution in [-0.2, 0) is 21.5 Å². The van der Waals surface area contributed by atoms with E-state index >= 15 is 0 Å². The molecule has 0 saturated carbocycles. The third-order valence-electron chi connectivity index (χ3n) is 5.48. The summed E-state index contributed by atoms with van der Waals surface area (Å²) < 4.78 is 53.8. The summed E-state index contributed by atoms with van der Waals surface area (Å²) in [6.45, 7) is 4.96. The predicted molar refractivity (Wildman–Crippen MR) is 112 cm³/mol. The highest BCUT2D eigenvalue weighted by Crippen LogP contribution is 2.38. The van der Waals surface area contributed by atoms with E-state index in [4.69, 9.17) is 5.73 Å². The van der Waals surface area contributed by atoms with Crippen molar-refractivity contribution in [1.82, 2.24) is 4.98 Å². The lowest BCUT2D eigenvalue weighted by molar-refractivity contribution is 0.0983. The number of halogens is 3. The lowest BCUT2D eigenvalue weighted by Crippen LogP contribution is -2.54. The second-order valence-electron chi connectivity index (χ2n) is 8.14. The minimum absolute atomic E-state index is 0.0316. The van der Waals surface area contributed by atoms with Gasteiger partial charge < -0.3 is 5.73 Å². The Morgan fingerprint density at radius 3 is 2.47 bits per heavy atom. The van der Waals surface area contributed by atoms with Gasteiger partial charge in [-0.15, -0.1) is 0 Å². The number of hydrogen-bond donors (Lipinski definition) is 1. The number of carbonyl (C=O) groups excluding carboxylic acids is 1. The summed E-state index contributed by atoms with van der Waals surface area (Å²) in [6, 6.07) is 4.53. The van der Waals surface area contributed by atoms with E-state index in [1.54, 1.807) is 20.8 Å². The molecule has 1 aliphatic heterocycles. The molecule has 3 rings (SSSR count). The third kappa shape index (κ3) is 3.74. The van der Waals surface area contributed by atoms with Gasteiger partial charge in [0.2, 0.25) is 0 Å². The lowest BCUT2D eigenvalue weighted by atomic mass is 9.90. The van der Waals surface area contributed by atoms with Gasteiger partial charge in [-0.25, -0.2) is 18.2 Å². The molecule has 160 valence electrons. The Hall–Kier alpha value is -2.68. The molecule has 2 heterocycles. The number of carbonyl (C=O) groups is 1. The molecular formula is C21H22F3N3O2S. The first kappa shape index (κ1) is 22.0. The zero-order chi connectivity index (χ0) is 22.5. The van der Waals surface area contributed by atoms with Crippen LogP contribution in [0.3, 0.4) is 0 Å². The van der Waals surface area contributed by atoms with E-state index in [1.165, 1.54) is 12.1 Å². The van der Waals surface area contributed by atoms with E-state index in [-0.39, 0.29) is 23.6 Å². The van der Waals surface area contributed by atoms with Crippen LogP contribution in [0.2, 0.25) is 0 Å². The fourth-order valence-electron chi connectivity index (χ4n) is 3.38. The average Bonchev–Trinajstić information content (AvgIpc) is 2.61. The number of amidine groups is 1. The fourth-order valence-corrected chi connectivity index (χ4v) is 5.30. The zero-order valence-electron chi connectivity index (χ0n) is 16.8. The molecule has 0 saturated heterocycles. The molecule has 9 heteroatoms. The summed E-state index contributed by atoms with van der Waals surface area (Å²) >= 11 is 0. The monoisotopic (exact) mass is 437 g/mol. The van der Waals surface area contributed by atoms with Crippen LogP contribution >= 0.6 is 0 Å². The Kier molecular flexibility index (Phi) is 5.30. The van der Waals surface area contributed by atoms with E-state index < -0.39 is 48.7 Å². The van der Waals surface area contributed by atoms with E-state index in [9.17, 15) is 22.2 Å². The van der Waals surface area contributed by atoms with Crippen molar-refractivity contribution >= 4 is 27.0 Å². The maximum atomic E-state index is 14.7. The van der Waals surface area contributed by atoms with Gasteiger partial charge in [0.1, 0.15) is 23.2 Å². The van der Waals surface area contributed by atoms with Gasteiger partial charge in [0.05, 0.1) is 16.5 Å². The molecule has 0 radical (unpaired) electrons. The van der Waals surface area contributed by atoms with Crippen molar-refractivity contribution in [2.75, 3.05) is 5.75 Å². The first-order valence-electron chi connectivity index (χ1n) is 9.10. The molecule has 1 aliphatic rings. The van der Waals surface area contributed by atoms with Crippen LogP contribution in [-0.4, -0.2) is 37.2 Å². The van der Waals surface area contributed by atoms with E-state index in [1.807, 2.05) is 0 Å². The summed E-state index contributed by atoms with van der Waals surface area (Å²) in [5.74, 6) is 0.633. The van der Waals surface area contributed by atoms with Crippen molar-refractivity contribution < 1.29 is 22.2 Å². The molecule has 0 aliphatic carbocycles. The Labute approximate surface area is 173 Å². The molecule has 1 unspecified atom stereocenters. The SMILES string of the molecule is C=S1(=O)C[C@@](C)(c2cc(CC(=O)c3ncc(F)cc3F)ccc2F)N=C(N)C1(C)C. The van der Waals surface area contributed by atoms with Crippen LogP contribution in [0, 0.1) is 17.5 Å². The van der Waals surface area contributed by atoms with Gasteiger partial charge >= 0.3 is 0 Å². The maximum Gasteiger partial charge on any atom is 0.188 e. The molecule has 1 aromatic carbocycles. The van der Waals surface area contributed by atoms with Crippen LogP contribution < -0.4 is 5.73 Å². The largest absolute Gasteiger partial charge is 0.386 e. The van der Waals surface area contributed by atoms with E-state index in [0.717, 1.165) is 12.3 Å². The summed E-state index contributed by atoms with van der Waals surface area (Å²) in [5.41, 5.74) is 4.77. The number of hydrogen-bond acceptors (Lipinski definition) is 5. The molecule has 5 nitrogen and oxygen atoms in total. The van der Waals surface area contributed by atoms with Gasteiger partial charge in [-0.1, -0.05) is 6.07 Å². The Morgan fingerprint density at radius 2 is 1.87 bits per heavy atom. The number of aliphatic imine (C=N–C) groups is 1. The highest BCUT2D eigenvalue weighted by molar-refractivity contribution is 8.02. The van der Waals surface area contributed by atoms with Crippen LogP contribution in [0.4, 0.5) is 13.2 Å². The molecule has 2 aromatic rings. The lowest BCUT2D eigenvalue weighted by Gasteiger charge is -2.41. The number of nitrogens with zero attached hydrogens (tertiary/aromatic N) is 2. The standard InChI is InChI=1S/C21H22F3N3O2S/c1-20(2)19(25)27-21(3,11-30(20,4)29)14-7-12(5-6-15(14)23)8-17(28)18-16(24)9-13(22)10-26-18/h5-7,9-10H,4,8,11H2,1-3H3,(H2,25,27)/t21-,30?/m0/s1. The minimum atomic E-state index is -2.76. The minimum Gasteiger partial charge on any atom is -0.386 e. The average molecular weight is 437 g/mol. The summed E-state index contributed by atoms with van der Waals surface area (Å²) in [7, 11) is -2.76. The molecule has 1 aromatic heterocycles. The highest BCUT2D eigenvalue weighted by atomic mass is 32.2. The molecule has 0 fully saturated rings. The topological polar surface area (TPSA) is 85.4 Å². The Balaban J connectivity index is 2.00. The van der Waals surface area contributed by atoms with Gasteiger partial charge in [-0.05, 0) is 53.9 Å². The molecule has 30 heavy (non-hydrogen) atoms. The van der Waals surface area contributed by atoms with Crippen molar-refractivity contribution in [3.8, 4) is 0 Å². The van der Waals surface area contributed by atoms with Gasteiger partial charge in [0.15, 0.2) is 11.6 Å². The van der Waals surface area contributed by atoms with Crippen molar-refractivity contribution in [2.45, 2.75) is 37.5 Å². The molecule has 0 amide bonds. The number of nitrogens with two attached hydrogens (primary N) is 1. The van der Waals surface area contributed by atoms with Crippen molar-refractivity contribution in [2.24, 2.45) is 10.7 Å². The van der Waals surface area contributed by atoms with Crippen molar-refractivity contribution in [3.63, 3.8) is 0 Å². The smallest absolute Gasteiger partial charge is 0.188 e. The number of ketones is 1. The predicted octanol–water partition coefficient (Wildman–Crippen LogP) is 3.01. The number of aromatic nitrogens is 1. The summed E-state index contributed by atoms with van der Waals surface area (Å²) in [4.78, 5) is 20.4. The number of Topliss-reactive ketones (excluding diaryl/α,β-unsaturated/α-hetero) is 1. The third-order valence-corrected chi connectivity index (χ3v) is 8.57. The first-order valence-corrected chi connectivity index (χ1v) is 11.0. The molecule has 0 spiro atoms. The fraction of sp³-hybridized carbons (Fsp3) is 0.333. The summed E-state index contributed by atoms with van der Waals surface area (Å²) in [5, 5.41) is 0. The quantitative estimate of drug-likeness (QED) is 0.589. The van der Waals surface area contributed by atoms with Crippen LogP contribution in [0.15, 0.2) is 35.5 Å². The van der Waals surface area contributed by atoms with Gasteiger partial charge in [-0.2, -0.15) is 0 Å². The normalized spacial score (nSPS) is 25.6.